The van der Waals surface area contributed by atoms with Gasteiger partial charge >= 0.3 is 12.0 Å². The van der Waals surface area contributed by atoms with E-state index in [-0.39, 0.29) is 36.9 Å². The number of nitrogens with one attached hydrogen (secondary N) is 3. The topological polar surface area (TPSA) is 108 Å². The van der Waals surface area contributed by atoms with Gasteiger partial charge in [-0.1, -0.05) is 30.3 Å². The fraction of sp³-hybridized carbons (Fsp3) is 0.526. The van der Waals surface area contributed by atoms with Crippen LogP contribution in [-0.4, -0.2) is 41.1 Å². The van der Waals surface area contributed by atoms with Gasteiger partial charge in [-0.25, -0.2) is 4.79 Å². The molecule has 1 unspecified atom stereocenters. The average molecular weight is 363 g/mol. The normalized spacial score (nSPS) is 12.1. The molecular weight excluding hydrogens is 334 g/mol. The van der Waals surface area contributed by atoms with E-state index < -0.39 is 12.0 Å². The SMILES string of the molecule is CC(C)(C)NC(=O)CCNC(=O)NC(CCC(=O)O)Cc1ccccc1. The number of benzene rings is 1. The minimum absolute atomic E-state index is 0.0221. The highest BCUT2D eigenvalue weighted by Crippen LogP contribution is 2.08. The molecule has 0 aromatic heterocycles. The molecule has 7 nitrogen and oxygen atoms in total. The van der Waals surface area contributed by atoms with Crippen LogP contribution in [0.1, 0.15) is 45.6 Å². The van der Waals surface area contributed by atoms with Crippen LogP contribution in [0.15, 0.2) is 30.3 Å². The van der Waals surface area contributed by atoms with Crippen molar-refractivity contribution < 1.29 is 19.5 Å². The minimum Gasteiger partial charge on any atom is -0.481 e. The first-order chi connectivity index (χ1) is 12.2. The number of urea groups is 1. The summed E-state index contributed by atoms with van der Waals surface area (Å²) >= 11 is 0. The first-order valence-corrected chi connectivity index (χ1v) is 8.77. The van der Waals surface area contributed by atoms with Gasteiger partial charge in [0, 0.05) is 31.0 Å². The predicted octanol–water partition coefficient (Wildman–Crippen LogP) is 2.07. The lowest BCUT2D eigenvalue weighted by Gasteiger charge is -2.21. The molecule has 1 atom stereocenters. The maximum Gasteiger partial charge on any atom is 0.315 e. The van der Waals surface area contributed by atoms with Crippen LogP contribution in [0.3, 0.4) is 0 Å². The van der Waals surface area contributed by atoms with Crippen molar-refractivity contribution in [3.8, 4) is 0 Å². The van der Waals surface area contributed by atoms with E-state index in [1.165, 1.54) is 0 Å². The zero-order chi connectivity index (χ0) is 19.6. The quantitative estimate of drug-likeness (QED) is 0.539. The molecule has 0 saturated heterocycles. The summed E-state index contributed by atoms with van der Waals surface area (Å²) in [5.74, 6) is -1.03. The highest BCUT2D eigenvalue weighted by Gasteiger charge is 2.16. The fourth-order valence-corrected chi connectivity index (χ4v) is 2.43. The smallest absolute Gasteiger partial charge is 0.315 e. The predicted molar refractivity (Wildman–Crippen MR) is 99.9 cm³/mol. The summed E-state index contributed by atoms with van der Waals surface area (Å²) in [5, 5.41) is 17.2. The van der Waals surface area contributed by atoms with E-state index in [1.54, 1.807) is 0 Å². The van der Waals surface area contributed by atoms with Crippen LogP contribution in [0.4, 0.5) is 4.79 Å². The second kappa shape index (κ2) is 10.4. The summed E-state index contributed by atoms with van der Waals surface area (Å²) in [5.41, 5.74) is 0.712. The number of carbonyl (C=O) groups excluding carboxylic acids is 2. The van der Waals surface area contributed by atoms with Crippen molar-refractivity contribution in [2.24, 2.45) is 0 Å². The Balaban J connectivity index is 2.46. The van der Waals surface area contributed by atoms with Gasteiger partial charge < -0.3 is 21.1 Å². The molecule has 0 aliphatic heterocycles. The molecule has 0 bridgehead atoms. The number of amides is 3. The van der Waals surface area contributed by atoms with E-state index in [9.17, 15) is 14.4 Å². The number of rotatable bonds is 9. The molecule has 0 spiro atoms. The highest BCUT2D eigenvalue weighted by atomic mass is 16.4. The first-order valence-electron chi connectivity index (χ1n) is 8.77. The largest absolute Gasteiger partial charge is 0.481 e. The Morgan fingerprint density at radius 2 is 1.73 bits per heavy atom. The summed E-state index contributed by atoms with van der Waals surface area (Å²) < 4.78 is 0. The molecule has 26 heavy (non-hydrogen) atoms. The van der Waals surface area contributed by atoms with Crippen molar-refractivity contribution in [1.29, 1.82) is 0 Å². The van der Waals surface area contributed by atoms with E-state index in [1.807, 2.05) is 51.1 Å². The standard InChI is InChI=1S/C19H29N3O4/c1-19(2,3)22-16(23)11-12-20-18(26)21-15(9-10-17(24)25)13-14-7-5-4-6-8-14/h4-8,15H,9-13H2,1-3H3,(H,22,23)(H,24,25)(H2,20,21,26). The van der Waals surface area contributed by atoms with Gasteiger partial charge in [0.15, 0.2) is 0 Å². The lowest BCUT2D eigenvalue weighted by Crippen LogP contribution is -2.45. The van der Waals surface area contributed by atoms with Gasteiger partial charge in [-0.2, -0.15) is 0 Å². The molecule has 4 N–H and O–H groups in total. The van der Waals surface area contributed by atoms with Crippen LogP contribution < -0.4 is 16.0 Å². The molecule has 1 aromatic rings. The second-order valence-electron chi connectivity index (χ2n) is 7.27. The number of hydrogen-bond acceptors (Lipinski definition) is 3. The average Bonchev–Trinajstić information content (AvgIpc) is 2.51. The Hall–Kier alpha value is -2.57. The maximum absolute atomic E-state index is 12.1. The van der Waals surface area contributed by atoms with Crippen molar-refractivity contribution in [3.05, 3.63) is 35.9 Å². The van der Waals surface area contributed by atoms with Gasteiger partial charge in [0.1, 0.15) is 0 Å². The monoisotopic (exact) mass is 363 g/mol. The molecule has 0 saturated carbocycles. The molecule has 1 rings (SSSR count). The molecule has 0 heterocycles. The number of aliphatic carboxylic acids is 1. The second-order valence-corrected chi connectivity index (χ2v) is 7.27. The molecule has 0 fully saturated rings. The Labute approximate surface area is 154 Å². The minimum atomic E-state index is -0.899. The Kier molecular flexibility index (Phi) is 8.61. The molecule has 0 radical (unpaired) electrons. The fourth-order valence-electron chi connectivity index (χ4n) is 2.43. The third kappa shape index (κ3) is 10.3. The van der Waals surface area contributed by atoms with Crippen molar-refractivity contribution in [3.63, 3.8) is 0 Å². The van der Waals surface area contributed by atoms with Crippen molar-refractivity contribution in [2.75, 3.05) is 6.54 Å². The van der Waals surface area contributed by atoms with E-state index in [2.05, 4.69) is 16.0 Å². The maximum atomic E-state index is 12.1. The Bertz CT molecular complexity index is 597. The van der Waals surface area contributed by atoms with Crippen LogP contribution in [-0.2, 0) is 16.0 Å². The lowest BCUT2D eigenvalue weighted by molar-refractivity contribution is -0.137. The van der Waals surface area contributed by atoms with Gasteiger partial charge in [-0.15, -0.1) is 0 Å². The van der Waals surface area contributed by atoms with E-state index in [4.69, 9.17) is 5.11 Å². The highest BCUT2D eigenvalue weighted by molar-refractivity contribution is 5.78. The molecule has 7 heteroatoms. The van der Waals surface area contributed by atoms with E-state index >= 15 is 0 Å². The summed E-state index contributed by atoms with van der Waals surface area (Å²) in [7, 11) is 0. The van der Waals surface area contributed by atoms with Crippen LogP contribution in [0.2, 0.25) is 0 Å². The van der Waals surface area contributed by atoms with Crippen molar-refractivity contribution in [1.82, 2.24) is 16.0 Å². The van der Waals surface area contributed by atoms with Crippen LogP contribution in [0.5, 0.6) is 0 Å². The van der Waals surface area contributed by atoms with E-state index in [0.717, 1.165) is 5.56 Å². The molecule has 0 aliphatic carbocycles. The summed E-state index contributed by atoms with van der Waals surface area (Å²) in [6, 6.07) is 8.87. The van der Waals surface area contributed by atoms with Gasteiger partial charge in [0.2, 0.25) is 5.91 Å². The van der Waals surface area contributed by atoms with Crippen LogP contribution in [0, 0.1) is 0 Å². The summed E-state index contributed by atoms with van der Waals surface area (Å²) in [4.78, 5) is 34.6. The lowest BCUT2D eigenvalue weighted by atomic mass is 10.0. The first kappa shape index (κ1) is 21.5. The van der Waals surface area contributed by atoms with Crippen LogP contribution in [0.25, 0.3) is 0 Å². The van der Waals surface area contributed by atoms with Crippen molar-refractivity contribution >= 4 is 17.9 Å². The van der Waals surface area contributed by atoms with Gasteiger partial charge in [-0.05, 0) is 39.2 Å². The number of carboxylic acids is 1. The summed E-state index contributed by atoms with van der Waals surface area (Å²) in [6.45, 7) is 5.88. The van der Waals surface area contributed by atoms with Gasteiger partial charge in [0.25, 0.3) is 0 Å². The zero-order valence-electron chi connectivity index (χ0n) is 15.7. The summed E-state index contributed by atoms with van der Waals surface area (Å²) in [6.07, 6.45) is 1.04. The van der Waals surface area contributed by atoms with Gasteiger partial charge in [0.05, 0.1) is 0 Å². The molecular formula is C19H29N3O4. The van der Waals surface area contributed by atoms with Gasteiger partial charge in [-0.3, -0.25) is 9.59 Å². The molecule has 144 valence electrons. The Morgan fingerprint density at radius 1 is 1.08 bits per heavy atom. The molecule has 0 aliphatic rings. The molecule has 1 aromatic carbocycles. The van der Waals surface area contributed by atoms with Crippen molar-refractivity contribution in [2.45, 2.75) is 58.0 Å². The van der Waals surface area contributed by atoms with E-state index in [0.29, 0.717) is 12.8 Å². The Morgan fingerprint density at radius 3 is 2.31 bits per heavy atom. The van der Waals surface area contributed by atoms with Crippen LogP contribution >= 0.6 is 0 Å². The molecule has 3 amide bonds. The third-order valence-electron chi connectivity index (χ3n) is 3.52. The number of carbonyl (C=O) groups is 3. The number of hydrogen-bond donors (Lipinski definition) is 4. The number of carboxylic acid groups (broad SMARTS) is 1. The zero-order valence-corrected chi connectivity index (χ0v) is 15.7. The third-order valence-corrected chi connectivity index (χ3v) is 3.52.